The second-order valence-electron chi connectivity index (χ2n) is 4.52. The minimum absolute atomic E-state index is 0.216. The largest absolute Gasteiger partial charge is 0.385 e. The zero-order chi connectivity index (χ0) is 14.5. The molecule has 2 rings (SSSR count). The zero-order valence-electron chi connectivity index (χ0n) is 11.9. The molecule has 0 aliphatic heterocycles. The molecule has 5 nitrogen and oxygen atoms in total. The molecule has 0 spiro atoms. The highest BCUT2D eigenvalue weighted by atomic mass is 16.1. The van der Waals surface area contributed by atoms with Crippen LogP contribution in [0.5, 0.6) is 0 Å². The summed E-state index contributed by atoms with van der Waals surface area (Å²) in [5.74, 6) is 0.324. The first-order chi connectivity index (χ1) is 9.60. The van der Waals surface area contributed by atoms with Gasteiger partial charge in [0.2, 0.25) is 0 Å². The first-order valence-electron chi connectivity index (χ1n) is 6.55. The van der Waals surface area contributed by atoms with Gasteiger partial charge >= 0.3 is 0 Å². The fraction of sp³-hybridized carbons (Fsp3) is 0.267. The molecule has 5 heteroatoms. The van der Waals surface area contributed by atoms with Crippen LogP contribution in [-0.4, -0.2) is 22.4 Å². The Morgan fingerprint density at radius 3 is 2.75 bits per heavy atom. The van der Waals surface area contributed by atoms with E-state index in [1.165, 1.54) is 0 Å². The van der Waals surface area contributed by atoms with E-state index in [9.17, 15) is 4.79 Å². The fourth-order valence-electron chi connectivity index (χ4n) is 1.87. The molecule has 0 aliphatic carbocycles. The molecule has 0 unspecified atom stereocenters. The maximum absolute atomic E-state index is 12.3. The van der Waals surface area contributed by atoms with E-state index in [4.69, 9.17) is 0 Å². The van der Waals surface area contributed by atoms with Gasteiger partial charge < -0.3 is 10.6 Å². The first kappa shape index (κ1) is 14.0. The number of aromatic nitrogens is 2. The Morgan fingerprint density at radius 2 is 2.05 bits per heavy atom. The summed E-state index contributed by atoms with van der Waals surface area (Å²) in [5.41, 5.74) is 3.02. The highest BCUT2D eigenvalue weighted by Crippen LogP contribution is 2.17. The Balaban J connectivity index is 2.24. The Labute approximate surface area is 118 Å². The molecule has 20 heavy (non-hydrogen) atoms. The highest BCUT2D eigenvalue weighted by molar-refractivity contribution is 6.07. The van der Waals surface area contributed by atoms with Gasteiger partial charge in [-0.25, -0.2) is 4.98 Å². The first-order valence-corrected chi connectivity index (χ1v) is 6.55. The quantitative estimate of drug-likeness (QED) is 0.896. The van der Waals surface area contributed by atoms with Gasteiger partial charge in [-0.1, -0.05) is 6.07 Å². The lowest BCUT2D eigenvalue weighted by atomic mass is 10.2. The highest BCUT2D eigenvalue weighted by Gasteiger charge is 2.12. The fourth-order valence-corrected chi connectivity index (χ4v) is 1.87. The smallest absolute Gasteiger partial charge is 0.260 e. The van der Waals surface area contributed by atoms with E-state index in [1.54, 1.807) is 12.3 Å². The average Bonchev–Trinajstić information content (AvgIpc) is 2.39. The summed E-state index contributed by atoms with van der Waals surface area (Å²) in [7, 11) is 0. The molecule has 0 aromatic carbocycles. The Kier molecular flexibility index (Phi) is 4.30. The van der Waals surface area contributed by atoms with E-state index < -0.39 is 0 Å². The van der Waals surface area contributed by atoms with Crippen molar-refractivity contribution in [1.82, 2.24) is 9.97 Å². The van der Waals surface area contributed by atoms with Crippen molar-refractivity contribution in [3.05, 3.63) is 47.4 Å². The molecule has 2 heterocycles. The summed E-state index contributed by atoms with van der Waals surface area (Å²) in [5, 5.41) is 5.96. The standard InChI is InChI=1S/C15H18N4O/c1-4-16-13-8-11(3)17-9-12(13)15(20)19-14-7-5-6-10(2)18-14/h5-9H,4H2,1-3H3,(H,16,17)(H,18,19,20). The molecular weight excluding hydrogens is 252 g/mol. The number of carbonyl (C=O) groups excluding carboxylic acids is 1. The van der Waals surface area contributed by atoms with Crippen molar-refractivity contribution >= 4 is 17.4 Å². The molecule has 1 amide bonds. The second kappa shape index (κ2) is 6.14. The van der Waals surface area contributed by atoms with E-state index in [0.717, 1.165) is 23.6 Å². The minimum Gasteiger partial charge on any atom is -0.385 e. The summed E-state index contributed by atoms with van der Waals surface area (Å²) in [6, 6.07) is 7.37. The van der Waals surface area contributed by atoms with Gasteiger partial charge in [-0.2, -0.15) is 0 Å². The van der Waals surface area contributed by atoms with Crippen LogP contribution in [0.25, 0.3) is 0 Å². The van der Waals surface area contributed by atoms with Crippen LogP contribution >= 0.6 is 0 Å². The molecule has 0 atom stereocenters. The molecule has 104 valence electrons. The van der Waals surface area contributed by atoms with Gasteiger partial charge in [0.25, 0.3) is 5.91 Å². The molecule has 2 aromatic rings. The molecule has 2 aromatic heterocycles. The summed E-state index contributed by atoms with van der Waals surface area (Å²) in [4.78, 5) is 20.7. The minimum atomic E-state index is -0.216. The number of pyridine rings is 2. The van der Waals surface area contributed by atoms with E-state index in [-0.39, 0.29) is 5.91 Å². The van der Waals surface area contributed by atoms with Gasteiger partial charge in [-0.15, -0.1) is 0 Å². The number of carbonyl (C=O) groups is 1. The summed E-state index contributed by atoms with van der Waals surface area (Å²) in [6.45, 7) is 6.50. The summed E-state index contributed by atoms with van der Waals surface area (Å²) in [6.07, 6.45) is 1.58. The van der Waals surface area contributed by atoms with Crippen molar-refractivity contribution < 1.29 is 4.79 Å². The lowest BCUT2D eigenvalue weighted by Gasteiger charge is -2.11. The van der Waals surface area contributed by atoms with E-state index in [0.29, 0.717) is 11.4 Å². The molecule has 0 fully saturated rings. The number of nitrogens with zero attached hydrogens (tertiary/aromatic N) is 2. The predicted octanol–water partition coefficient (Wildman–Crippen LogP) is 2.78. The van der Waals surface area contributed by atoms with Crippen molar-refractivity contribution in [2.24, 2.45) is 0 Å². The number of rotatable bonds is 4. The molecule has 0 saturated heterocycles. The summed E-state index contributed by atoms with van der Waals surface area (Å²) >= 11 is 0. The van der Waals surface area contributed by atoms with Gasteiger partial charge in [-0.3, -0.25) is 9.78 Å². The normalized spacial score (nSPS) is 10.2. The van der Waals surface area contributed by atoms with Crippen molar-refractivity contribution in [2.75, 3.05) is 17.2 Å². The van der Waals surface area contributed by atoms with Gasteiger partial charge in [0.05, 0.1) is 11.3 Å². The lowest BCUT2D eigenvalue weighted by Crippen LogP contribution is -2.16. The number of amides is 1. The van der Waals surface area contributed by atoms with Crippen molar-refractivity contribution in [2.45, 2.75) is 20.8 Å². The number of nitrogens with one attached hydrogen (secondary N) is 2. The topological polar surface area (TPSA) is 66.9 Å². The third kappa shape index (κ3) is 3.32. The zero-order valence-corrected chi connectivity index (χ0v) is 11.9. The van der Waals surface area contributed by atoms with Gasteiger partial charge in [0.15, 0.2) is 0 Å². The molecule has 2 N–H and O–H groups in total. The van der Waals surface area contributed by atoms with Crippen LogP contribution in [0.1, 0.15) is 28.7 Å². The number of aryl methyl sites for hydroxylation is 2. The molecular formula is C15H18N4O. The maximum atomic E-state index is 12.3. The lowest BCUT2D eigenvalue weighted by molar-refractivity contribution is 0.102. The third-order valence-corrected chi connectivity index (χ3v) is 2.78. The monoisotopic (exact) mass is 270 g/mol. The number of anilines is 2. The van der Waals surface area contributed by atoms with Crippen LogP contribution in [0.3, 0.4) is 0 Å². The Morgan fingerprint density at radius 1 is 1.25 bits per heavy atom. The van der Waals surface area contributed by atoms with Crippen molar-refractivity contribution in [1.29, 1.82) is 0 Å². The van der Waals surface area contributed by atoms with E-state index in [2.05, 4.69) is 20.6 Å². The van der Waals surface area contributed by atoms with Crippen LogP contribution in [0.15, 0.2) is 30.5 Å². The maximum Gasteiger partial charge on any atom is 0.260 e. The molecule has 0 radical (unpaired) electrons. The van der Waals surface area contributed by atoms with Crippen LogP contribution in [-0.2, 0) is 0 Å². The van der Waals surface area contributed by atoms with E-state index in [1.807, 2.05) is 39.0 Å². The van der Waals surface area contributed by atoms with Crippen molar-refractivity contribution in [3.8, 4) is 0 Å². The SMILES string of the molecule is CCNc1cc(C)ncc1C(=O)Nc1cccc(C)n1. The predicted molar refractivity (Wildman–Crippen MR) is 80.1 cm³/mol. The van der Waals surface area contributed by atoms with Crippen LogP contribution in [0.2, 0.25) is 0 Å². The summed E-state index contributed by atoms with van der Waals surface area (Å²) < 4.78 is 0. The average molecular weight is 270 g/mol. The Hall–Kier alpha value is -2.43. The molecule has 0 aliphatic rings. The van der Waals surface area contributed by atoms with Gasteiger partial charge in [0.1, 0.15) is 5.82 Å². The van der Waals surface area contributed by atoms with Crippen molar-refractivity contribution in [3.63, 3.8) is 0 Å². The van der Waals surface area contributed by atoms with Gasteiger partial charge in [0, 0.05) is 24.1 Å². The van der Waals surface area contributed by atoms with E-state index >= 15 is 0 Å². The number of hydrogen-bond acceptors (Lipinski definition) is 4. The van der Waals surface area contributed by atoms with Gasteiger partial charge in [-0.05, 0) is 39.0 Å². The van der Waals surface area contributed by atoms with Crippen LogP contribution in [0, 0.1) is 13.8 Å². The van der Waals surface area contributed by atoms with Crippen LogP contribution < -0.4 is 10.6 Å². The number of hydrogen-bond donors (Lipinski definition) is 2. The molecule has 0 bridgehead atoms. The van der Waals surface area contributed by atoms with Crippen LogP contribution in [0.4, 0.5) is 11.5 Å². The Bertz CT molecular complexity index is 625. The second-order valence-corrected chi connectivity index (χ2v) is 4.52. The third-order valence-electron chi connectivity index (χ3n) is 2.78. The molecule has 0 saturated carbocycles.